The molecule has 0 spiro atoms. The summed E-state index contributed by atoms with van der Waals surface area (Å²) in [5.41, 5.74) is 1.48. The first kappa shape index (κ1) is 13.4. The summed E-state index contributed by atoms with van der Waals surface area (Å²) in [6, 6.07) is 6.20. The fourth-order valence-corrected chi connectivity index (χ4v) is 3.42. The zero-order valence-corrected chi connectivity index (χ0v) is 12.7. The Morgan fingerprint density at radius 1 is 1.47 bits per heavy atom. The highest BCUT2D eigenvalue weighted by molar-refractivity contribution is 9.10. The quantitative estimate of drug-likeness (QED) is 0.870. The third-order valence-electron chi connectivity index (χ3n) is 3.90. The minimum Gasteiger partial charge on any atom is -0.311 e. The lowest BCUT2D eigenvalue weighted by Gasteiger charge is -2.34. The van der Waals surface area contributed by atoms with Gasteiger partial charge in [-0.2, -0.15) is 0 Å². The Morgan fingerprint density at radius 2 is 2.24 bits per heavy atom. The van der Waals surface area contributed by atoms with Gasteiger partial charge >= 0.3 is 0 Å². The summed E-state index contributed by atoms with van der Waals surface area (Å²) in [7, 11) is 0. The standard InChI is InChI=1S/C14H19BrClN/c1-10(2)14(6-3-7-17-14)9-11-4-5-12(15)8-13(11)16/h4-5,8,10,17H,3,6-7,9H2,1-2H3. The van der Waals surface area contributed by atoms with Crippen molar-refractivity contribution >= 4 is 27.5 Å². The minimum absolute atomic E-state index is 0.234. The lowest BCUT2D eigenvalue weighted by Crippen LogP contribution is -2.46. The topological polar surface area (TPSA) is 12.0 Å². The van der Waals surface area contributed by atoms with Crippen molar-refractivity contribution in [2.75, 3.05) is 6.54 Å². The van der Waals surface area contributed by atoms with Gasteiger partial charge in [-0.25, -0.2) is 0 Å². The number of rotatable bonds is 3. The van der Waals surface area contributed by atoms with Crippen LogP contribution in [0.3, 0.4) is 0 Å². The molecule has 1 heterocycles. The fourth-order valence-electron chi connectivity index (χ4n) is 2.68. The average molecular weight is 317 g/mol. The van der Waals surface area contributed by atoms with Crippen molar-refractivity contribution in [2.24, 2.45) is 5.92 Å². The van der Waals surface area contributed by atoms with Crippen LogP contribution in [0.1, 0.15) is 32.3 Å². The van der Waals surface area contributed by atoms with E-state index < -0.39 is 0 Å². The second-order valence-corrected chi connectivity index (χ2v) is 6.58. The normalized spacial score (nSPS) is 24.5. The molecule has 0 radical (unpaired) electrons. The average Bonchev–Trinajstić information content (AvgIpc) is 2.72. The Labute approximate surface area is 117 Å². The van der Waals surface area contributed by atoms with E-state index in [1.807, 2.05) is 6.07 Å². The summed E-state index contributed by atoms with van der Waals surface area (Å²) in [4.78, 5) is 0. The lowest BCUT2D eigenvalue weighted by molar-refractivity contribution is 0.269. The first-order valence-corrected chi connectivity index (χ1v) is 7.39. The molecule has 17 heavy (non-hydrogen) atoms. The predicted molar refractivity (Wildman–Crippen MR) is 77.7 cm³/mol. The number of nitrogens with one attached hydrogen (secondary N) is 1. The first-order chi connectivity index (χ1) is 8.03. The molecule has 1 fully saturated rings. The van der Waals surface area contributed by atoms with Crippen molar-refractivity contribution in [3.05, 3.63) is 33.3 Å². The number of hydrogen-bond acceptors (Lipinski definition) is 1. The molecule has 1 N–H and O–H groups in total. The van der Waals surface area contributed by atoms with E-state index in [4.69, 9.17) is 11.6 Å². The largest absolute Gasteiger partial charge is 0.311 e. The van der Waals surface area contributed by atoms with Crippen molar-refractivity contribution < 1.29 is 0 Å². The zero-order chi connectivity index (χ0) is 12.5. The van der Waals surface area contributed by atoms with Crippen LogP contribution in [0.4, 0.5) is 0 Å². The Kier molecular flexibility index (Phi) is 4.17. The molecule has 0 saturated carbocycles. The molecule has 94 valence electrons. The Bertz CT molecular complexity index is 397. The summed E-state index contributed by atoms with van der Waals surface area (Å²) < 4.78 is 1.05. The van der Waals surface area contributed by atoms with Gasteiger partial charge in [0.15, 0.2) is 0 Å². The van der Waals surface area contributed by atoms with Gasteiger partial charge in [-0.15, -0.1) is 0 Å². The molecular formula is C14H19BrClN. The molecule has 0 aromatic heterocycles. The molecule has 2 rings (SSSR count). The molecule has 1 atom stereocenters. The molecule has 0 amide bonds. The zero-order valence-electron chi connectivity index (χ0n) is 10.4. The van der Waals surface area contributed by atoms with Crippen molar-refractivity contribution in [3.8, 4) is 0 Å². The Hall–Kier alpha value is -0.0500. The van der Waals surface area contributed by atoms with Gasteiger partial charge in [-0.3, -0.25) is 0 Å². The number of halogens is 2. The van der Waals surface area contributed by atoms with E-state index in [0.717, 1.165) is 22.5 Å². The summed E-state index contributed by atoms with van der Waals surface area (Å²) in [6.07, 6.45) is 3.54. The molecule has 1 nitrogen and oxygen atoms in total. The van der Waals surface area contributed by atoms with Gasteiger partial charge in [0.25, 0.3) is 0 Å². The number of benzene rings is 1. The Balaban J connectivity index is 2.23. The van der Waals surface area contributed by atoms with Gasteiger partial charge in [0.2, 0.25) is 0 Å². The van der Waals surface area contributed by atoms with Crippen LogP contribution < -0.4 is 5.32 Å². The molecule has 1 aliphatic heterocycles. The smallest absolute Gasteiger partial charge is 0.0449 e. The maximum Gasteiger partial charge on any atom is 0.0449 e. The molecule has 1 unspecified atom stereocenters. The molecule has 3 heteroatoms. The van der Waals surface area contributed by atoms with Crippen molar-refractivity contribution in [3.63, 3.8) is 0 Å². The highest BCUT2D eigenvalue weighted by atomic mass is 79.9. The van der Waals surface area contributed by atoms with Crippen molar-refractivity contribution in [1.82, 2.24) is 5.32 Å². The van der Waals surface area contributed by atoms with Crippen LogP contribution in [0.15, 0.2) is 22.7 Å². The lowest BCUT2D eigenvalue weighted by atomic mass is 9.80. The Morgan fingerprint density at radius 3 is 2.76 bits per heavy atom. The minimum atomic E-state index is 0.234. The van der Waals surface area contributed by atoms with Gasteiger partial charge in [-0.05, 0) is 49.4 Å². The van der Waals surface area contributed by atoms with Crippen molar-refractivity contribution in [2.45, 2.75) is 38.6 Å². The van der Waals surface area contributed by atoms with Crippen LogP contribution in [0, 0.1) is 5.92 Å². The second-order valence-electron chi connectivity index (χ2n) is 5.25. The third kappa shape index (κ3) is 2.86. The summed E-state index contributed by atoms with van der Waals surface area (Å²) in [5, 5.41) is 4.56. The van der Waals surface area contributed by atoms with Gasteiger partial charge in [0.1, 0.15) is 0 Å². The van der Waals surface area contributed by atoms with E-state index in [9.17, 15) is 0 Å². The molecule has 1 aliphatic rings. The van der Waals surface area contributed by atoms with Crippen LogP contribution in [-0.4, -0.2) is 12.1 Å². The molecule has 1 saturated heterocycles. The fraction of sp³-hybridized carbons (Fsp3) is 0.571. The number of hydrogen-bond donors (Lipinski definition) is 1. The summed E-state index contributed by atoms with van der Waals surface area (Å²) in [5.74, 6) is 0.629. The molecule has 0 aliphatic carbocycles. The van der Waals surface area contributed by atoms with Crippen LogP contribution in [0.2, 0.25) is 5.02 Å². The predicted octanol–water partition coefficient (Wildman–Crippen LogP) is 4.42. The molecule has 1 aromatic carbocycles. The monoisotopic (exact) mass is 315 g/mol. The maximum atomic E-state index is 6.32. The first-order valence-electron chi connectivity index (χ1n) is 6.22. The van der Waals surface area contributed by atoms with E-state index in [2.05, 4.69) is 47.2 Å². The van der Waals surface area contributed by atoms with Crippen LogP contribution >= 0.6 is 27.5 Å². The maximum absolute atomic E-state index is 6.32. The SMILES string of the molecule is CC(C)C1(Cc2ccc(Br)cc2Cl)CCCN1. The molecule has 1 aromatic rings. The van der Waals surface area contributed by atoms with Gasteiger partial charge in [0, 0.05) is 15.0 Å². The van der Waals surface area contributed by atoms with Gasteiger partial charge < -0.3 is 5.32 Å². The van der Waals surface area contributed by atoms with E-state index in [0.29, 0.717) is 5.92 Å². The van der Waals surface area contributed by atoms with E-state index in [1.165, 1.54) is 18.4 Å². The van der Waals surface area contributed by atoms with Crippen LogP contribution in [0.25, 0.3) is 0 Å². The van der Waals surface area contributed by atoms with Gasteiger partial charge in [-0.1, -0.05) is 47.4 Å². The molecular weight excluding hydrogens is 298 g/mol. The second kappa shape index (κ2) is 5.29. The van der Waals surface area contributed by atoms with E-state index in [-0.39, 0.29) is 5.54 Å². The summed E-state index contributed by atoms with van der Waals surface area (Å²) in [6.45, 7) is 5.72. The molecule has 0 bridgehead atoms. The summed E-state index contributed by atoms with van der Waals surface area (Å²) >= 11 is 9.77. The van der Waals surface area contributed by atoms with Gasteiger partial charge in [0.05, 0.1) is 0 Å². The van der Waals surface area contributed by atoms with Crippen LogP contribution in [0.5, 0.6) is 0 Å². The highest BCUT2D eigenvalue weighted by Crippen LogP contribution is 2.34. The highest BCUT2D eigenvalue weighted by Gasteiger charge is 2.36. The third-order valence-corrected chi connectivity index (χ3v) is 4.75. The van der Waals surface area contributed by atoms with Crippen LogP contribution in [-0.2, 0) is 6.42 Å². The van der Waals surface area contributed by atoms with Crippen molar-refractivity contribution in [1.29, 1.82) is 0 Å². The van der Waals surface area contributed by atoms with E-state index in [1.54, 1.807) is 0 Å². The van der Waals surface area contributed by atoms with E-state index >= 15 is 0 Å².